The van der Waals surface area contributed by atoms with E-state index < -0.39 is 26.4 Å². The van der Waals surface area contributed by atoms with Gasteiger partial charge in [-0.25, -0.2) is 18.6 Å². The van der Waals surface area contributed by atoms with Crippen molar-refractivity contribution >= 4 is 21.5 Å². The predicted octanol–water partition coefficient (Wildman–Crippen LogP) is 5.82. The van der Waals surface area contributed by atoms with Crippen molar-refractivity contribution in [2.45, 2.75) is 43.8 Å². The Balaban J connectivity index is 1.63. The van der Waals surface area contributed by atoms with Crippen LogP contribution in [0, 0.1) is 5.21 Å². The molecule has 4 rings (SSSR count). The number of nitrogens with zero attached hydrogens (tertiary/aromatic N) is 3. The SMILES string of the molecule is CCCCC1=NN(c2ccccc2C(F)(F)F)C[N+]1([O-])Cc1ccc(-c2ccccc2S(N)(=O)=O)cc1. The number of quaternary nitrogens is 1. The fourth-order valence-corrected chi connectivity index (χ4v) is 5.15. The highest BCUT2D eigenvalue weighted by Gasteiger charge is 2.40. The molecular weight excluding hydrogens is 505 g/mol. The highest BCUT2D eigenvalue weighted by atomic mass is 32.2. The number of halogens is 3. The van der Waals surface area contributed by atoms with E-state index in [4.69, 9.17) is 5.14 Å². The topological polar surface area (TPSA) is 98.8 Å². The summed E-state index contributed by atoms with van der Waals surface area (Å²) in [4.78, 5) is -0.0115. The molecule has 0 saturated heterocycles. The largest absolute Gasteiger partial charge is 0.625 e. The number of benzene rings is 3. The van der Waals surface area contributed by atoms with Crippen LogP contribution in [0.15, 0.2) is 82.8 Å². The van der Waals surface area contributed by atoms with Crippen LogP contribution in [0.25, 0.3) is 11.1 Å². The average Bonchev–Trinajstić information content (AvgIpc) is 3.18. The summed E-state index contributed by atoms with van der Waals surface area (Å²) < 4.78 is 63.9. The van der Waals surface area contributed by atoms with E-state index in [9.17, 15) is 26.8 Å². The van der Waals surface area contributed by atoms with Crippen LogP contribution in [0.2, 0.25) is 0 Å². The lowest BCUT2D eigenvalue weighted by atomic mass is 10.0. The number of nitrogens with two attached hydrogens (primary N) is 1. The number of hydrogen-bond donors (Lipinski definition) is 1. The van der Waals surface area contributed by atoms with Gasteiger partial charge in [-0.05, 0) is 30.2 Å². The molecule has 1 atom stereocenters. The highest BCUT2D eigenvalue weighted by molar-refractivity contribution is 7.89. The molecule has 0 spiro atoms. The molecule has 11 heteroatoms. The van der Waals surface area contributed by atoms with Gasteiger partial charge < -0.3 is 5.21 Å². The third-order valence-corrected chi connectivity index (χ3v) is 7.18. The Morgan fingerprint density at radius 1 is 1.03 bits per heavy atom. The standard InChI is InChI=1S/C26H27F3N4O3S/c1-2-3-12-25-31-32(23-10-6-5-9-22(23)26(27,28)29)18-33(25,34)17-19-13-15-20(16-14-19)21-8-4-7-11-24(21)37(30,35)36/h4-11,13-16H,2-3,12,17-18H2,1H3,(H2,30,35,36). The molecule has 3 aromatic rings. The van der Waals surface area contributed by atoms with Crippen molar-refractivity contribution in [1.82, 2.24) is 0 Å². The number of anilines is 1. The van der Waals surface area contributed by atoms with Gasteiger partial charge in [-0.3, -0.25) is 4.65 Å². The van der Waals surface area contributed by atoms with E-state index in [2.05, 4.69) is 5.10 Å². The monoisotopic (exact) mass is 532 g/mol. The summed E-state index contributed by atoms with van der Waals surface area (Å²) in [5.74, 6) is 0.266. The maximum Gasteiger partial charge on any atom is 0.418 e. The molecule has 0 bridgehead atoms. The number of amidine groups is 1. The Labute approximate surface area is 213 Å². The summed E-state index contributed by atoms with van der Waals surface area (Å²) in [6, 6.07) is 18.2. The van der Waals surface area contributed by atoms with Gasteiger partial charge in [0.25, 0.3) is 0 Å². The van der Waals surface area contributed by atoms with Crippen molar-refractivity contribution in [3.8, 4) is 11.1 Å². The Morgan fingerprint density at radius 2 is 1.68 bits per heavy atom. The molecule has 37 heavy (non-hydrogen) atoms. The zero-order valence-electron chi connectivity index (χ0n) is 20.1. The second-order valence-corrected chi connectivity index (χ2v) is 10.5. The molecule has 0 aromatic heterocycles. The first kappa shape index (κ1) is 26.8. The normalized spacial score (nSPS) is 18.2. The molecule has 0 fully saturated rings. The van der Waals surface area contributed by atoms with Crippen LogP contribution in [0.5, 0.6) is 0 Å². The van der Waals surface area contributed by atoms with Crippen molar-refractivity contribution in [3.63, 3.8) is 0 Å². The lowest BCUT2D eigenvalue weighted by Crippen LogP contribution is -2.46. The second kappa shape index (κ2) is 10.3. The summed E-state index contributed by atoms with van der Waals surface area (Å²) in [7, 11) is -3.94. The lowest BCUT2D eigenvalue weighted by Gasteiger charge is -2.38. The van der Waals surface area contributed by atoms with Gasteiger partial charge in [0.05, 0.1) is 16.1 Å². The van der Waals surface area contributed by atoms with E-state index in [-0.39, 0.29) is 29.6 Å². The van der Waals surface area contributed by atoms with Crippen molar-refractivity contribution < 1.29 is 26.2 Å². The van der Waals surface area contributed by atoms with Gasteiger partial charge in [0.1, 0.15) is 6.54 Å². The van der Waals surface area contributed by atoms with Crippen LogP contribution in [-0.4, -0.2) is 25.6 Å². The molecule has 1 unspecified atom stereocenters. The number of para-hydroxylation sites is 1. The predicted molar refractivity (Wildman–Crippen MR) is 136 cm³/mol. The van der Waals surface area contributed by atoms with Gasteiger partial charge >= 0.3 is 6.18 Å². The van der Waals surface area contributed by atoms with Crippen molar-refractivity contribution in [3.05, 3.63) is 89.1 Å². The Kier molecular flexibility index (Phi) is 7.43. The number of rotatable bonds is 8. The minimum atomic E-state index is -4.58. The summed E-state index contributed by atoms with van der Waals surface area (Å²) in [6.45, 7) is 1.64. The number of hydrogen-bond acceptors (Lipinski definition) is 5. The first-order chi connectivity index (χ1) is 17.4. The molecule has 1 heterocycles. The molecule has 0 saturated carbocycles. The van der Waals surface area contributed by atoms with Crippen molar-refractivity contribution in [1.29, 1.82) is 0 Å². The van der Waals surface area contributed by atoms with Crippen LogP contribution >= 0.6 is 0 Å². The summed E-state index contributed by atoms with van der Waals surface area (Å²) in [5.41, 5.74) is 0.674. The van der Waals surface area contributed by atoms with Crippen molar-refractivity contribution in [2.24, 2.45) is 10.2 Å². The van der Waals surface area contributed by atoms with Crippen LogP contribution in [-0.2, 0) is 22.7 Å². The Morgan fingerprint density at radius 3 is 2.32 bits per heavy atom. The molecule has 0 amide bonds. The first-order valence-electron chi connectivity index (χ1n) is 11.7. The van der Waals surface area contributed by atoms with Gasteiger partial charge in [0.2, 0.25) is 15.9 Å². The van der Waals surface area contributed by atoms with Gasteiger partial charge in [-0.15, -0.1) is 5.10 Å². The molecule has 0 radical (unpaired) electrons. The van der Waals surface area contributed by atoms with E-state index in [0.29, 0.717) is 29.5 Å². The van der Waals surface area contributed by atoms with Crippen LogP contribution in [0.3, 0.4) is 0 Å². The fourth-order valence-electron chi connectivity index (χ4n) is 4.39. The number of hydroxylamine groups is 3. The molecule has 1 aliphatic heterocycles. The van der Waals surface area contributed by atoms with Gasteiger partial charge in [0, 0.05) is 17.5 Å². The summed E-state index contributed by atoms with van der Waals surface area (Å²) in [5, 5.41) is 24.8. The lowest BCUT2D eigenvalue weighted by molar-refractivity contribution is -0.799. The molecule has 7 nitrogen and oxygen atoms in total. The maximum absolute atomic E-state index is 14.0. The maximum atomic E-state index is 14.0. The van der Waals surface area contributed by atoms with Crippen molar-refractivity contribution in [2.75, 3.05) is 11.7 Å². The number of unbranched alkanes of at least 4 members (excludes halogenated alkanes) is 1. The second-order valence-electron chi connectivity index (χ2n) is 8.96. The van der Waals surface area contributed by atoms with E-state index in [0.717, 1.165) is 17.5 Å². The van der Waals surface area contributed by atoms with Gasteiger partial charge in [0.15, 0.2) is 6.67 Å². The average molecular weight is 533 g/mol. The zero-order valence-corrected chi connectivity index (χ0v) is 21.0. The van der Waals surface area contributed by atoms with Gasteiger partial charge in [-0.2, -0.15) is 13.2 Å². The summed E-state index contributed by atoms with van der Waals surface area (Å²) >= 11 is 0. The minimum absolute atomic E-state index is 0.0115. The summed E-state index contributed by atoms with van der Waals surface area (Å²) in [6.07, 6.45) is -2.74. The molecule has 196 valence electrons. The Hall–Kier alpha value is -3.25. The highest BCUT2D eigenvalue weighted by Crippen LogP contribution is 2.39. The van der Waals surface area contributed by atoms with E-state index in [1.165, 1.54) is 24.3 Å². The number of sulfonamides is 1. The quantitative estimate of drug-likeness (QED) is 0.292. The minimum Gasteiger partial charge on any atom is -0.625 e. The van der Waals surface area contributed by atoms with Crippen LogP contribution < -0.4 is 10.1 Å². The zero-order chi connectivity index (χ0) is 26.8. The van der Waals surface area contributed by atoms with E-state index in [1.807, 2.05) is 6.92 Å². The molecule has 1 aliphatic rings. The number of hydrazone groups is 1. The number of primary sulfonamides is 1. The molecule has 2 N–H and O–H groups in total. The molecule has 3 aromatic carbocycles. The molecular formula is C26H27F3N4O3S. The van der Waals surface area contributed by atoms with E-state index >= 15 is 0 Å². The fraction of sp³-hybridized carbons (Fsp3) is 0.269. The third kappa shape index (κ3) is 5.85. The number of alkyl halides is 3. The van der Waals surface area contributed by atoms with Crippen LogP contribution in [0.4, 0.5) is 18.9 Å². The first-order valence-corrected chi connectivity index (χ1v) is 13.3. The van der Waals surface area contributed by atoms with Crippen LogP contribution in [0.1, 0.15) is 37.3 Å². The van der Waals surface area contributed by atoms with E-state index in [1.54, 1.807) is 42.5 Å². The third-order valence-electron chi connectivity index (χ3n) is 6.21. The molecule has 0 aliphatic carbocycles. The Bertz CT molecular complexity index is 1410. The smallest absolute Gasteiger partial charge is 0.418 e. The van der Waals surface area contributed by atoms with Gasteiger partial charge in [-0.1, -0.05) is 67.9 Å².